The Kier molecular flexibility index (Phi) is 5.21. The molecule has 23 heavy (non-hydrogen) atoms. The van der Waals surface area contributed by atoms with Crippen LogP contribution in [0.4, 0.5) is 0 Å². The molecule has 2 atom stereocenters. The molecule has 0 spiro atoms. The molecule has 1 heterocycles. The van der Waals surface area contributed by atoms with Crippen LogP contribution in [0.5, 0.6) is 0 Å². The molecule has 1 aromatic carbocycles. The molecular formula is C18H23ClN2O2. The molecule has 2 aliphatic rings. The third kappa shape index (κ3) is 4.05. The Balaban J connectivity index is 1.65. The maximum absolute atomic E-state index is 12.2. The Morgan fingerprint density at radius 1 is 1.22 bits per heavy atom. The van der Waals surface area contributed by atoms with Crippen LogP contribution in [-0.4, -0.2) is 24.4 Å². The van der Waals surface area contributed by atoms with Gasteiger partial charge in [-0.25, -0.2) is 0 Å². The van der Waals surface area contributed by atoms with E-state index in [0.717, 1.165) is 5.02 Å². The average molecular weight is 335 g/mol. The van der Waals surface area contributed by atoms with E-state index in [0.29, 0.717) is 31.2 Å². The van der Waals surface area contributed by atoms with E-state index in [-0.39, 0.29) is 17.9 Å². The van der Waals surface area contributed by atoms with Crippen molar-refractivity contribution in [2.45, 2.75) is 50.5 Å². The maximum Gasteiger partial charge on any atom is 0.242 e. The fraction of sp³-hybridized carbons (Fsp3) is 0.556. The van der Waals surface area contributed by atoms with Crippen LogP contribution in [0, 0.1) is 5.92 Å². The van der Waals surface area contributed by atoms with Gasteiger partial charge >= 0.3 is 0 Å². The van der Waals surface area contributed by atoms with E-state index in [2.05, 4.69) is 22.8 Å². The molecule has 2 unspecified atom stereocenters. The molecule has 4 nitrogen and oxygen atoms in total. The molecule has 1 aromatic rings. The minimum absolute atomic E-state index is 0.0322. The first-order valence-corrected chi connectivity index (χ1v) is 8.84. The second-order valence-corrected chi connectivity index (χ2v) is 7.04. The highest BCUT2D eigenvalue weighted by Crippen LogP contribution is 2.37. The third-order valence-electron chi connectivity index (χ3n) is 5.08. The highest BCUT2D eigenvalue weighted by Gasteiger charge is 2.30. The van der Waals surface area contributed by atoms with Crippen molar-refractivity contribution in [3.05, 3.63) is 34.9 Å². The van der Waals surface area contributed by atoms with Crippen LogP contribution >= 0.6 is 11.6 Å². The standard InChI is InChI=1S/C18H23ClN2O2/c19-14-7-5-13(6-8-14)15(12-3-1-2-4-12)11-20-18(23)16-9-10-17(22)21-16/h5-8,12,15-16H,1-4,9-11H2,(H,20,23)(H,21,22). The zero-order valence-electron chi connectivity index (χ0n) is 13.2. The fourth-order valence-corrected chi connectivity index (χ4v) is 3.90. The lowest BCUT2D eigenvalue weighted by Gasteiger charge is -2.25. The number of amides is 2. The minimum atomic E-state index is -0.364. The maximum atomic E-state index is 12.2. The summed E-state index contributed by atoms with van der Waals surface area (Å²) in [5.74, 6) is 0.827. The van der Waals surface area contributed by atoms with Gasteiger partial charge in [0.05, 0.1) is 0 Å². The summed E-state index contributed by atoms with van der Waals surface area (Å²) in [4.78, 5) is 23.5. The van der Waals surface area contributed by atoms with Gasteiger partial charge in [0.2, 0.25) is 11.8 Å². The number of benzene rings is 1. The molecule has 0 radical (unpaired) electrons. The summed E-state index contributed by atoms with van der Waals surface area (Å²) < 4.78 is 0. The highest BCUT2D eigenvalue weighted by atomic mass is 35.5. The Bertz CT molecular complexity index is 567. The largest absolute Gasteiger partial charge is 0.354 e. The second-order valence-electron chi connectivity index (χ2n) is 6.61. The average Bonchev–Trinajstić information content (AvgIpc) is 3.21. The zero-order chi connectivity index (χ0) is 16.2. The summed E-state index contributed by atoms with van der Waals surface area (Å²) in [5, 5.41) is 6.51. The van der Waals surface area contributed by atoms with Gasteiger partial charge < -0.3 is 10.6 Å². The third-order valence-corrected chi connectivity index (χ3v) is 5.33. The Morgan fingerprint density at radius 3 is 2.52 bits per heavy atom. The van der Waals surface area contributed by atoms with Gasteiger partial charge in [0, 0.05) is 23.9 Å². The highest BCUT2D eigenvalue weighted by molar-refractivity contribution is 6.30. The number of nitrogens with one attached hydrogen (secondary N) is 2. The molecule has 0 aromatic heterocycles. The Morgan fingerprint density at radius 2 is 1.91 bits per heavy atom. The normalized spacial score (nSPS) is 22.8. The predicted molar refractivity (Wildman–Crippen MR) is 90.3 cm³/mol. The molecule has 1 aliphatic carbocycles. The van der Waals surface area contributed by atoms with E-state index in [4.69, 9.17) is 11.6 Å². The van der Waals surface area contributed by atoms with Gasteiger partial charge in [-0.3, -0.25) is 9.59 Å². The summed E-state index contributed by atoms with van der Waals surface area (Å²) in [6, 6.07) is 7.59. The van der Waals surface area contributed by atoms with Gasteiger partial charge in [-0.2, -0.15) is 0 Å². The van der Waals surface area contributed by atoms with Crippen LogP contribution in [-0.2, 0) is 9.59 Å². The van der Waals surface area contributed by atoms with Crippen molar-refractivity contribution in [1.29, 1.82) is 0 Å². The van der Waals surface area contributed by atoms with Crippen LogP contribution < -0.4 is 10.6 Å². The molecule has 5 heteroatoms. The molecule has 1 aliphatic heterocycles. The topological polar surface area (TPSA) is 58.2 Å². The summed E-state index contributed by atoms with van der Waals surface area (Å²) in [6.07, 6.45) is 6.00. The molecular weight excluding hydrogens is 312 g/mol. The number of hydrogen-bond acceptors (Lipinski definition) is 2. The van der Waals surface area contributed by atoms with E-state index >= 15 is 0 Å². The van der Waals surface area contributed by atoms with Crippen LogP contribution in [0.1, 0.15) is 50.0 Å². The lowest BCUT2D eigenvalue weighted by atomic mass is 9.84. The lowest BCUT2D eigenvalue weighted by Crippen LogP contribution is -2.43. The van der Waals surface area contributed by atoms with E-state index in [1.54, 1.807) is 0 Å². The van der Waals surface area contributed by atoms with E-state index in [1.165, 1.54) is 31.2 Å². The first-order chi connectivity index (χ1) is 11.1. The monoisotopic (exact) mass is 334 g/mol. The van der Waals surface area contributed by atoms with E-state index < -0.39 is 0 Å². The SMILES string of the molecule is O=C1CCC(C(=O)NCC(c2ccc(Cl)cc2)C2CCCC2)N1. The Labute approximate surface area is 142 Å². The number of rotatable bonds is 5. The number of carbonyl (C=O) groups excluding carboxylic acids is 2. The van der Waals surface area contributed by atoms with Crippen molar-refractivity contribution in [2.75, 3.05) is 6.54 Å². The van der Waals surface area contributed by atoms with Gasteiger partial charge in [-0.1, -0.05) is 36.6 Å². The fourth-order valence-electron chi connectivity index (χ4n) is 3.77. The van der Waals surface area contributed by atoms with Gasteiger partial charge in [-0.05, 0) is 42.9 Å². The molecule has 0 bridgehead atoms. The van der Waals surface area contributed by atoms with Crippen molar-refractivity contribution < 1.29 is 9.59 Å². The predicted octanol–water partition coefficient (Wildman–Crippen LogP) is 3.01. The molecule has 2 fully saturated rings. The second kappa shape index (κ2) is 7.35. The van der Waals surface area contributed by atoms with Crippen molar-refractivity contribution in [3.8, 4) is 0 Å². The molecule has 124 valence electrons. The summed E-state index contributed by atoms with van der Waals surface area (Å²) >= 11 is 5.99. The van der Waals surface area contributed by atoms with Crippen LogP contribution in [0.15, 0.2) is 24.3 Å². The number of carbonyl (C=O) groups is 2. The first-order valence-electron chi connectivity index (χ1n) is 8.46. The number of hydrogen-bond donors (Lipinski definition) is 2. The minimum Gasteiger partial charge on any atom is -0.354 e. The van der Waals surface area contributed by atoms with Gasteiger partial charge in [-0.15, -0.1) is 0 Å². The lowest BCUT2D eigenvalue weighted by molar-refractivity contribution is -0.125. The summed E-state index contributed by atoms with van der Waals surface area (Å²) in [5.41, 5.74) is 1.23. The van der Waals surface area contributed by atoms with Gasteiger partial charge in [0.15, 0.2) is 0 Å². The zero-order valence-corrected chi connectivity index (χ0v) is 13.9. The molecule has 3 rings (SSSR count). The smallest absolute Gasteiger partial charge is 0.242 e. The van der Waals surface area contributed by atoms with Crippen molar-refractivity contribution in [1.82, 2.24) is 10.6 Å². The molecule has 2 amide bonds. The quantitative estimate of drug-likeness (QED) is 0.869. The Hall–Kier alpha value is -1.55. The summed E-state index contributed by atoms with van der Waals surface area (Å²) in [6.45, 7) is 0.623. The van der Waals surface area contributed by atoms with Gasteiger partial charge in [0.1, 0.15) is 6.04 Å². The van der Waals surface area contributed by atoms with Crippen molar-refractivity contribution >= 4 is 23.4 Å². The number of halogens is 1. The van der Waals surface area contributed by atoms with E-state index in [1.807, 2.05) is 12.1 Å². The molecule has 1 saturated carbocycles. The van der Waals surface area contributed by atoms with E-state index in [9.17, 15) is 9.59 Å². The van der Waals surface area contributed by atoms with Crippen LogP contribution in [0.2, 0.25) is 5.02 Å². The van der Waals surface area contributed by atoms with Gasteiger partial charge in [0.25, 0.3) is 0 Å². The van der Waals surface area contributed by atoms with Crippen LogP contribution in [0.3, 0.4) is 0 Å². The van der Waals surface area contributed by atoms with Crippen molar-refractivity contribution in [3.63, 3.8) is 0 Å². The molecule has 1 saturated heterocycles. The first kappa shape index (κ1) is 16.3. The van der Waals surface area contributed by atoms with Crippen LogP contribution in [0.25, 0.3) is 0 Å². The summed E-state index contributed by atoms with van der Waals surface area (Å²) in [7, 11) is 0. The molecule has 2 N–H and O–H groups in total. The van der Waals surface area contributed by atoms with Crippen molar-refractivity contribution in [2.24, 2.45) is 5.92 Å².